The maximum Gasteiger partial charge on any atom is 0.0670 e. The lowest BCUT2D eigenvalue weighted by molar-refractivity contribution is -0.177. The number of fused-ring (bicyclic) bond motifs is 2. The van der Waals surface area contributed by atoms with E-state index in [4.69, 9.17) is 4.74 Å². The first-order valence-corrected chi connectivity index (χ1v) is 6.26. The highest BCUT2D eigenvalue weighted by atomic mass is 16.5. The maximum absolute atomic E-state index is 6.33. The van der Waals surface area contributed by atoms with Crippen LogP contribution in [0.15, 0.2) is 11.6 Å². The molecule has 1 heteroatoms. The molecule has 86 valence electrons. The van der Waals surface area contributed by atoms with Crippen molar-refractivity contribution in [3.63, 3.8) is 0 Å². The van der Waals surface area contributed by atoms with E-state index in [-0.39, 0.29) is 5.60 Å². The highest BCUT2D eigenvalue weighted by Crippen LogP contribution is 2.46. The molecule has 2 rings (SSSR count). The molecule has 0 radical (unpaired) electrons. The third kappa shape index (κ3) is 1.87. The Labute approximate surface area is 93.9 Å². The van der Waals surface area contributed by atoms with Crippen molar-refractivity contribution in [3.8, 4) is 0 Å². The van der Waals surface area contributed by atoms with E-state index in [1.165, 1.54) is 12.8 Å². The van der Waals surface area contributed by atoms with Gasteiger partial charge in [-0.15, -0.1) is 0 Å². The van der Waals surface area contributed by atoms with Crippen molar-refractivity contribution in [2.24, 2.45) is 17.8 Å². The van der Waals surface area contributed by atoms with Crippen molar-refractivity contribution in [1.29, 1.82) is 0 Å². The van der Waals surface area contributed by atoms with E-state index in [0.29, 0.717) is 17.9 Å². The first-order valence-electron chi connectivity index (χ1n) is 6.26. The first-order chi connectivity index (χ1) is 6.92. The standard InChI is InChI=1S/C14H24O/c1-9(2)13-12-8-11(7-6-10(12)3)14(4,5)15-13/h6,9,11-13H,7-8H2,1-5H3/t11-,12-,13?/m1/s1. The van der Waals surface area contributed by atoms with Gasteiger partial charge in [-0.3, -0.25) is 0 Å². The van der Waals surface area contributed by atoms with E-state index in [2.05, 4.69) is 40.7 Å². The van der Waals surface area contributed by atoms with Gasteiger partial charge in [-0.25, -0.2) is 0 Å². The van der Waals surface area contributed by atoms with Crippen LogP contribution in [-0.4, -0.2) is 11.7 Å². The summed E-state index contributed by atoms with van der Waals surface area (Å²) in [6.07, 6.45) is 5.41. The molecule has 0 amide bonds. The Hall–Kier alpha value is -0.300. The fraction of sp³-hybridized carbons (Fsp3) is 0.857. The number of rotatable bonds is 1. The van der Waals surface area contributed by atoms with Gasteiger partial charge in [-0.1, -0.05) is 25.5 Å². The van der Waals surface area contributed by atoms with Crippen molar-refractivity contribution in [3.05, 3.63) is 11.6 Å². The van der Waals surface area contributed by atoms with Gasteiger partial charge < -0.3 is 4.74 Å². The lowest BCUT2D eigenvalue weighted by Crippen LogP contribution is -2.51. The van der Waals surface area contributed by atoms with Crippen LogP contribution in [0.1, 0.15) is 47.5 Å². The van der Waals surface area contributed by atoms with E-state index in [0.717, 1.165) is 5.92 Å². The van der Waals surface area contributed by atoms with Gasteiger partial charge in [0.2, 0.25) is 0 Å². The van der Waals surface area contributed by atoms with Crippen molar-refractivity contribution < 1.29 is 4.74 Å². The molecule has 1 nitrogen and oxygen atoms in total. The monoisotopic (exact) mass is 208 g/mol. The largest absolute Gasteiger partial charge is 0.371 e. The Morgan fingerprint density at radius 1 is 1.40 bits per heavy atom. The molecule has 0 saturated carbocycles. The lowest BCUT2D eigenvalue weighted by Gasteiger charge is -2.50. The van der Waals surface area contributed by atoms with Crippen molar-refractivity contribution in [2.45, 2.75) is 59.2 Å². The summed E-state index contributed by atoms with van der Waals surface area (Å²) in [7, 11) is 0. The quantitative estimate of drug-likeness (QED) is 0.596. The second kappa shape index (κ2) is 3.62. The van der Waals surface area contributed by atoms with Gasteiger partial charge in [0.1, 0.15) is 0 Å². The van der Waals surface area contributed by atoms with E-state index < -0.39 is 0 Å². The first kappa shape index (κ1) is 11.2. The molecule has 0 aromatic carbocycles. The highest BCUT2D eigenvalue weighted by molar-refractivity contribution is 5.15. The summed E-state index contributed by atoms with van der Waals surface area (Å²) in [5.74, 6) is 2.02. The summed E-state index contributed by atoms with van der Waals surface area (Å²) in [4.78, 5) is 0. The SMILES string of the molecule is CC1=CC[C@@H]2C[C@H]1C(C(C)C)OC2(C)C. The van der Waals surface area contributed by atoms with Crippen LogP contribution in [0, 0.1) is 17.8 Å². The topological polar surface area (TPSA) is 9.23 Å². The normalized spacial score (nSPS) is 39.1. The summed E-state index contributed by atoms with van der Waals surface area (Å²) in [5.41, 5.74) is 1.63. The molecule has 1 heterocycles. The minimum absolute atomic E-state index is 0.0721. The zero-order chi connectivity index (χ0) is 11.2. The van der Waals surface area contributed by atoms with E-state index in [9.17, 15) is 0 Å². The molecular weight excluding hydrogens is 184 g/mol. The Kier molecular flexibility index (Phi) is 2.70. The van der Waals surface area contributed by atoms with E-state index in [1.807, 2.05) is 0 Å². The van der Waals surface area contributed by atoms with Crippen LogP contribution in [0.4, 0.5) is 0 Å². The Morgan fingerprint density at radius 3 is 2.67 bits per heavy atom. The molecule has 0 aromatic heterocycles. The fourth-order valence-corrected chi connectivity index (χ4v) is 3.16. The third-order valence-corrected chi connectivity index (χ3v) is 4.32. The number of hydrogen-bond donors (Lipinski definition) is 0. The molecule has 0 spiro atoms. The lowest BCUT2D eigenvalue weighted by atomic mass is 9.68. The summed E-state index contributed by atoms with van der Waals surface area (Å²) >= 11 is 0. The second-order valence-corrected chi connectivity index (χ2v) is 6.15. The molecule has 1 saturated heterocycles. The minimum atomic E-state index is 0.0721. The average molecular weight is 208 g/mol. The van der Waals surface area contributed by atoms with Crippen LogP contribution >= 0.6 is 0 Å². The van der Waals surface area contributed by atoms with Crippen LogP contribution in [0.25, 0.3) is 0 Å². The summed E-state index contributed by atoms with van der Waals surface area (Å²) in [6.45, 7) is 11.4. The average Bonchev–Trinajstić information content (AvgIpc) is 2.14. The second-order valence-electron chi connectivity index (χ2n) is 6.15. The van der Waals surface area contributed by atoms with Crippen LogP contribution in [0.2, 0.25) is 0 Å². The summed E-state index contributed by atoms with van der Waals surface area (Å²) in [5, 5.41) is 0. The highest BCUT2D eigenvalue weighted by Gasteiger charge is 2.45. The van der Waals surface area contributed by atoms with Crippen LogP contribution in [0.5, 0.6) is 0 Å². The van der Waals surface area contributed by atoms with E-state index in [1.54, 1.807) is 5.57 Å². The van der Waals surface area contributed by atoms with Gasteiger partial charge in [0, 0.05) is 5.92 Å². The predicted octanol–water partition coefficient (Wildman–Crippen LogP) is 3.79. The molecular formula is C14H24O. The molecule has 0 aromatic rings. The van der Waals surface area contributed by atoms with Crippen molar-refractivity contribution >= 4 is 0 Å². The summed E-state index contributed by atoms with van der Waals surface area (Å²) in [6, 6.07) is 0. The van der Waals surface area contributed by atoms with E-state index >= 15 is 0 Å². The maximum atomic E-state index is 6.33. The Morgan fingerprint density at radius 2 is 2.07 bits per heavy atom. The molecule has 1 aliphatic carbocycles. The zero-order valence-corrected chi connectivity index (χ0v) is 10.7. The third-order valence-electron chi connectivity index (χ3n) is 4.32. The molecule has 1 unspecified atom stereocenters. The number of hydrogen-bond acceptors (Lipinski definition) is 1. The molecule has 3 atom stereocenters. The summed E-state index contributed by atoms with van der Waals surface area (Å²) < 4.78 is 6.33. The molecule has 2 aliphatic rings. The molecule has 1 fully saturated rings. The Bertz CT molecular complexity index is 275. The minimum Gasteiger partial charge on any atom is -0.371 e. The number of allylic oxidation sites excluding steroid dienone is 1. The van der Waals surface area contributed by atoms with Gasteiger partial charge in [0.15, 0.2) is 0 Å². The van der Waals surface area contributed by atoms with Gasteiger partial charge in [0.25, 0.3) is 0 Å². The zero-order valence-electron chi connectivity index (χ0n) is 10.7. The Balaban J connectivity index is 2.28. The van der Waals surface area contributed by atoms with Crippen molar-refractivity contribution in [1.82, 2.24) is 0 Å². The fourth-order valence-electron chi connectivity index (χ4n) is 3.16. The van der Waals surface area contributed by atoms with Crippen LogP contribution in [0.3, 0.4) is 0 Å². The van der Waals surface area contributed by atoms with Gasteiger partial charge >= 0.3 is 0 Å². The molecule has 2 bridgehead atoms. The predicted molar refractivity (Wildman–Crippen MR) is 63.8 cm³/mol. The molecule has 15 heavy (non-hydrogen) atoms. The van der Waals surface area contributed by atoms with Gasteiger partial charge in [-0.2, -0.15) is 0 Å². The van der Waals surface area contributed by atoms with Gasteiger partial charge in [0.05, 0.1) is 11.7 Å². The van der Waals surface area contributed by atoms with Crippen LogP contribution < -0.4 is 0 Å². The van der Waals surface area contributed by atoms with Gasteiger partial charge in [-0.05, 0) is 45.4 Å². The van der Waals surface area contributed by atoms with Crippen molar-refractivity contribution in [2.75, 3.05) is 0 Å². The number of ether oxygens (including phenoxy) is 1. The van der Waals surface area contributed by atoms with Crippen LogP contribution in [-0.2, 0) is 4.74 Å². The molecule has 0 N–H and O–H groups in total. The molecule has 1 aliphatic heterocycles. The smallest absolute Gasteiger partial charge is 0.0670 e.